The van der Waals surface area contributed by atoms with Crippen LogP contribution in [0.25, 0.3) is 0 Å². The van der Waals surface area contributed by atoms with E-state index in [1.807, 2.05) is 13.8 Å². The largest absolute Gasteiger partial charge is 0.245 e. The van der Waals surface area contributed by atoms with Crippen molar-refractivity contribution >= 4 is 21.6 Å². The van der Waals surface area contributed by atoms with Crippen LogP contribution in [0.4, 0.5) is 4.39 Å². The summed E-state index contributed by atoms with van der Waals surface area (Å²) in [6.07, 6.45) is 1.38. The second kappa shape index (κ2) is 6.68. The third-order valence-electron chi connectivity index (χ3n) is 3.26. The molecule has 0 radical (unpaired) electrons. The highest BCUT2D eigenvalue weighted by Crippen LogP contribution is 2.23. The standard InChI is InChI=1S/C13H19ClFNO2S/c1-4-11(5-2)16(3)19(17,18)13-7-6-10(9-14)8-12(13)15/h6-8,11H,4-5,9H2,1-3H3. The van der Waals surface area contributed by atoms with Gasteiger partial charge in [0.2, 0.25) is 10.0 Å². The summed E-state index contributed by atoms with van der Waals surface area (Å²) < 4.78 is 39.9. The summed E-state index contributed by atoms with van der Waals surface area (Å²) in [6, 6.07) is 3.85. The molecule has 0 saturated carbocycles. The zero-order chi connectivity index (χ0) is 14.6. The van der Waals surface area contributed by atoms with Gasteiger partial charge in [0.25, 0.3) is 0 Å². The van der Waals surface area contributed by atoms with Crippen molar-refractivity contribution in [3.63, 3.8) is 0 Å². The third-order valence-corrected chi connectivity index (χ3v) is 5.52. The molecule has 6 heteroatoms. The van der Waals surface area contributed by atoms with Crippen LogP contribution in [0.2, 0.25) is 0 Å². The van der Waals surface area contributed by atoms with Gasteiger partial charge in [-0.3, -0.25) is 0 Å². The fraction of sp³-hybridized carbons (Fsp3) is 0.538. The zero-order valence-electron chi connectivity index (χ0n) is 11.4. The Bertz CT molecular complexity index is 529. The van der Waals surface area contributed by atoms with Crippen molar-refractivity contribution in [1.29, 1.82) is 0 Å². The van der Waals surface area contributed by atoms with Crippen molar-refractivity contribution in [2.24, 2.45) is 0 Å². The molecule has 0 unspecified atom stereocenters. The lowest BCUT2D eigenvalue weighted by atomic mass is 10.2. The van der Waals surface area contributed by atoms with Crippen molar-refractivity contribution in [3.8, 4) is 0 Å². The van der Waals surface area contributed by atoms with Crippen molar-refractivity contribution < 1.29 is 12.8 Å². The molecule has 0 saturated heterocycles. The Hall–Kier alpha value is -0.650. The highest BCUT2D eigenvalue weighted by atomic mass is 35.5. The quantitative estimate of drug-likeness (QED) is 0.756. The van der Waals surface area contributed by atoms with Crippen LogP contribution < -0.4 is 0 Å². The smallest absolute Gasteiger partial charge is 0.207 e. The number of alkyl halides is 1. The molecule has 108 valence electrons. The van der Waals surface area contributed by atoms with E-state index >= 15 is 0 Å². The van der Waals surface area contributed by atoms with Crippen LogP contribution in [0.1, 0.15) is 32.3 Å². The SMILES string of the molecule is CCC(CC)N(C)S(=O)(=O)c1ccc(CCl)cc1F. The lowest BCUT2D eigenvalue weighted by Crippen LogP contribution is -2.36. The molecule has 1 rings (SSSR count). The van der Waals surface area contributed by atoms with Crippen molar-refractivity contribution in [2.45, 2.75) is 43.5 Å². The first kappa shape index (κ1) is 16.4. The Morgan fingerprint density at radius 1 is 1.32 bits per heavy atom. The van der Waals surface area contributed by atoms with E-state index < -0.39 is 15.8 Å². The topological polar surface area (TPSA) is 37.4 Å². The van der Waals surface area contributed by atoms with Gasteiger partial charge in [0.05, 0.1) is 0 Å². The molecule has 3 nitrogen and oxygen atoms in total. The number of sulfonamides is 1. The van der Waals surface area contributed by atoms with E-state index in [2.05, 4.69) is 0 Å². The number of hydrogen-bond acceptors (Lipinski definition) is 2. The van der Waals surface area contributed by atoms with Crippen LogP contribution in [0.15, 0.2) is 23.1 Å². The Morgan fingerprint density at radius 3 is 2.32 bits per heavy atom. The van der Waals surface area contributed by atoms with Gasteiger partial charge in [0.1, 0.15) is 10.7 Å². The lowest BCUT2D eigenvalue weighted by Gasteiger charge is -2.25. The predicted molar refractivity (Wildman–Crippen MR) is 75.3 cm³/mol. The van der Waals surface area contributed by atoms with E-state index in [1.165, 1.54) is 29.6 Å². The summed E-state index contributed by atoms with van der Waals surface area (Å²) in [7, 11) is -2.31. The maximum Gasteiger partial charge on any atom is 0.245 e. The first-order valence-corrected chi connectivity index (χ1v) is 8.18. The van der Waals surface area contributed by atoms with E-state index in [-0.39, 0.29) is 16.8 Å². The minimum atomic E-state index is -3.80. The molecular weight excluding hydrogens is 289 g/mol. The third kappa shape index (κ3) is 3.46. The average Bonchev–Trinajstić information content (AvgIpc) is 2.39. The summed E-state index contributed by atoms with van der Waals surface area (Å²) in [5.41, 5.74) is 0.559. The van der Waals surface area contributed by atoms with Gasteiger partial charge in [0, 0.05) is 19.0 Å². The van der Waals surface area contributed by atoms with Crippen LogP contribution in [0.3, 0.4) is 0 Å². The summed E-state index contributed by atoms with van der Waals surface area (Å²) in [4.78, 5) is -0.296. The molecule has 0 aromatic heterocycles. The van der Waals surface area contributed by atoms with Gasteiger partial charge in [0.15, 0.2) is 0 Å². The number of halogens is 2. The number of benzene rings is 1. The molecule has 0 amide bonds. The van der Waals surface area contributed by atoms with Gasteiger partial charge in [-0.2, -0.15) is 4.31 Å². The van der Waals surface area contributed by atoms with Crippen molar-refractivity contribution in [2.75, 3.05) is 7.05 Å². The molecule has 0 aliphatic rings. The molecule has 0 spiro atoms. The van der Waals surface area contributed by atoms with E-state index in [9.17, 15) is 12.8 Å². The molecule has 0 fully saturated rings. The van der Waals surface area contributed by atoms with Crippen molar-refractivity contribution in [1.82, 2.24) is 4.31 Å². The van der Waals surface area contributed by atoms with E-state index in [1.54, 1.807) is 0 Å². The van der Waals surface area contributed by atoms with Gasteiger partial charge in [-0.25, -0.2) is 12.8 Å². The lowest BCUT2D eigenvalue weighted by molar-refractivity contribution is 0.348. The first-order chi connectivity index (χ1) is 8.88. The van der Waals surface area contributed by atoms with Gasteiger partial charge in [-0.1, -0.05) is 19.9 Å². The molecule has 0 atom stereocenters. The van der Waals surface area contributed by atoms with Crippen LogP contribution in [0, 0.1) is 5.82 Å². The monoisotopic (exact) mass is 307 g/mol. The summed E-state index contributed by atoms with van der Waals surface area (Å²) >= 11 is 5.60. The maximum atomic E-state index is 13.9. The summed E-state index contributed by atoms with van der Waals surface area (Å²) in [5.74, 6) is -0.601. The molecule has 0 N–H and O–H groups in total. The highest BCUT2D eigenvalue weighted by Gasteiger charge is 2.28. The van der Waals surface area contributed by atoms with Crippen molar-refractivity contribution in [3.05, 3.63) is 29.6 Å². The number of nitrogens with zero attached hydrogens (tertiary/aromatic N) is 1. The predicted octanol–water partition coefficient (Wildman–Crippen LogP) is 3.37. The highest BCUT2D eigenvalue weighted by molar-refractivity contribution is 7.89. The van der Waals surface area contributed by atoms with E-state index in [0.717, 1.165) is 0 Å². The van der Waals surface area contributed by atoms with Crippen LogP contribution in [0.5, 0.6) is 0 Å². The second-order valence-electron chi connectivity index (χ2n) is 4.39. The van der Waals surface area contributed by atoms with E-state index in [0.29, 0.717) is 18.4 Å². The fourth-order valence-corrected chi connectivity index (χ4v) is 3.70. The number of hydrogen-bond donors (Lipinski definition) is 0. The Balaban J connectivity index is 3.20. The molecule has 1 aromatic carbocycles. The van der Waals surface area contributed by atoms with Gasteiger partial charge in [-0.05, 0) is 30.5 Å². The molecule has 0 aliphatic carbocycles. The molecule has 0 aliphatic heterocycles. The summed E-state index contributed by atoms with van der Waals surface area (Å²) in [6.45, 7) is 3.82. The fourth-order valence-electron chi connectivity index (χ4n) is 1.99. The molecule has 0 heterocycles. The Labute approximate surface area is 119 Å². The molecule has 1 aromatic rings. The minimum Gasteiger partial charge on any atom is -0.207 e. The molecule has 19 heavy (non-hydrogen) atoms. The normalized spacial score (nSPS) is 12.4. The van der Waals surface area contributed by atoms with Crippen LogP contribution in [-0.4, -0.2) is 25.8 Å². The van der Waals surface area contributed by atoms with E-state index in [4.69, 9.17) is 11.6 Å². The molecule has 0 bridgehead atoms. The van der Waals surface area contributed by atoms with Gasteiger partial charge in [-0.15, -0.1) is 11.6 Å². The van der Waals surface area contributed by atoms with Gasteiger partial charge < -0.3 is 0 Å². The molecular formula is C13H19ClFNO2S. The zero-order valence-corrected chi connectivity index (χ0v) is 12.9. The Morgan fingerprint density at radius 2 is 1.89 bits per heavy atom. The second-order valence-corrected chi connectivity index (χ2v) is 6.62. The van der Waals surface area contributed by atoms with Gasteiger partial charge >= 0.3 is 0 Å². The first-order valence-electron chi connectivity index (χ1n) is 6.20. The maximum absolute atomic E-state index is 13.9. The summed E-state index contributed by atoms with van der Waals surface area (Å²) in [5, 5.41) is 0. The number of rotatable bonds is 6. The Kier molecular flexibility index (Phi) is 5.77. The van der Waals surface area contributed by atoms with Crippen LogP contribution in [-0.2, 0) is 15.9 Å². The van der Waals surface area contributed by atoms with Crippen LogP contribution >= 0.6 is 11.6 Å². The minimum absolute atomic E-state index is 0.128. The average molecular weight is 308 g/mol.